The van der Waals surface area contributed by atoms with E-state index in [1.165, 1.54) is 0 Å². The topological polar surface area (TPSA) is 32.8 Å². The largest absolute Gasteiger partial charge is 0.490 e. The molecule has 2 fully saturated rings. The molecule has 2 heterocycles. The molecule has 0 amide bonds. The molecule has 0 aliphatic carbocycles. The monoisotopic (exact) mass is 340 g/mol. The molecule has 2 saturated heterocycles. The van der Waals surface area contributed by atoms with E-state index in [1.807, 2.05) is 38.1 Å². The van der Waals surface area contributed by atoms with Gasteiger partial charge in [-0.25, -0.2) is 0 Å². The van der Waals surface area contributed by atoms with Crippen LogP contribution in [0.2, 0.25) is 0 Å². The van der Waals surface area contributed by atoms with Crippen LogP contribution in [0, 0.1) is 0 Å². The number of piperidine rings is 1. The average molecular weight is 340 g/mol. The van der Waals surface area contributed by atoms with Crippen molar-refractivity contribution in [1.29, 1.82) is 0 Å². The number of rotatable bonds is 5. The summed E-state index contributed by atoms with van der Waals surface area (Å²) >= 11 is 0. The fraction of sp³-hybridized carbons (Fsp3) is 0.647. The van der Waals surface area contributed by atoms with Gasteiger partial charge in [-0.2, -0.15) is 0 Å². The summed E-state index contributed by atoms with van der Waals surface area (Å²) in [6, 6.07) is 8.00. The predicted octanol–water partition coefficient (Wildman–Crippen LogP) is 2.61. The molecule has 1 aromatic rings. The van der Waals surface area contributed by atoms with E-state index in [9.17, 15) is 8.69 Å². The highest BCUT2D eigenvalue weighted by Crippen LogP contribution is 2.25. The lowest BCUT2D eigenvalue weighted by Crippen LogP contribution is -2.58. The van der Waals surface area contributed by atoms with Crippen molar-refractivity contribution < 1.29 is 13.4 Å². The van der Waals surface area contributed by atoms with Crippen LogP contribution in [0.4, 0.5) is 4.48 Å². The third kappa shape index (κ3) is 4.11. The number of ether oxygens (including phenoxy) is 1. The molecule has 4 nitrogen and oxygen atoms in total. The number of hydrogen-bond donors (Lipinski definition) is 0. The van der Waals surface area contributed by atoms with Crippen LogP contribution in [0.1, 0.15) is 26.7 Å². The smallest absolute Gasteiger partial charge is 0.120 e. The predicted molar refractivity (Wildman–Crippen MR) is 89.7 cm³/mol. The van der Waals surface area contributed by atoms with Gasteiger partial charge < -0.3 is 4.74 Å². The minimum atomic E-state index is -0.989. The van der Waals surface area contributed by atoms with Gasteiger partial charge in [0.2, 0.25) is 0 Å². The molecular weight excluding hydrogens is 315 g/mol. The third-order valence-corrected chi connectivity index (χ3v) is 6.15. The molecule has 2 aliphatic rings. The number of nitrogens with zero attached hydrogens (tertiary/aromatic N) is 2. The van der Waals surface area contributed by atoms with Gasteiger partial charge in [0.25, 0.3) is 0 Å². The summed E-state index contributed by atoms with van der Waals surface area (Å²) in [6.07, 6.45) is 2.11. The SMILES string of the molecule is CC(C)S(=O)c1cccc(OC2CCN(C3CN(F)C3)CC2)c1. The Morgan fingerprint density at radius 1 is 1.26 bits per heavy atom. The van der Waals surface area contributed by atoms with Crippen LogP contribution in [0.3, 0.4) is 0 Å². The Kier molecular flexibility index (Phi) is 5.34. The van der Waals surface area contributed by atoms with Crippen LogP contribution in [0.15, 0.2) is 29.2 Å². The third-order valence-electron chi connectivity index (χ3n) is 4.58. The van der Waals surface area contributed by atoms with Gasteiger partial charge in [0.05, 0.1) is 10.8 Å². The van der Waals surface area contributed by atoms with E-state index < -0.39 is 10.8 Å². The summed E-state index contributed by atoms with van der Waals surface area (Å²) < 4.78 is 31.1. The minimum Gasteiger partial charge on any atom is -0.490 e. The van der Waals surface area contributed by atoms with Crippen molar-refractivity contribution >= 4 is 10.8 Å². The van der Waals surface area contributed by atoms with Crippen LogP contribution in [0.25, 0.3) is 0 Å². The standard InChI is InChI=1S/C17H25FN2O2S/c1-13(2)23(21)17-5-3-4-16(10-17)22-15-6-8-19(9-7-15)14-11-20(18)12-14/h3-5,10,13-15H,6-9,11-12H2,1-2H3. The summed E-state index contributed by atoms with van der Waals surface area (Å²) in [7, 11) is -0.989. The van der Waals surface area contributed by atoms with Gasteiger partial charge in [-0.05, 0) is 31.0 Å². The van der Waals surface area contributed by atoms with Gasteiger partial charge in [0, 0.05) is 42.4 Å². The molecule has 3 rings (SSSR count). The number of halogens is 1. The van der Waals surface area contributed by atoms with E-state index in [0.29, 0.717) is 19.1 Å². The zero-order chi connectivity index (χ0) is 16.4. The summed E-state index contributed by atoms with van der Waals surface area (Å²) in [4.78, 5) is 3.19. The van der Waals surface area contributed by atoms with Gasteiger partial charge in [-0.1, -0.05) is 19.9 Å². The first kappa shape index (κ1) is 16.9. The molecule has 0 aromatic heterocycles. The molecule has 1 aromatic carbocycles. The molecular formula is C17H25FN2O2S. The Morgan fingerprint density at radius 3 is 2.57 bits per heavy atom. The average Bonchev–Trinajstić information content (AvgIpc) is 2.52. The summed E-state index contributed by atoms with van der Waals surface area (Å²) in [5.74, 6) is 0.800. The van der Waals surface area contributed by atoms with Crippen LogP contribution >= 0.6 is 0 Å². The van der Waals surface area contributed by atoms with Crippen molar-refractivity contribution in [3.8, 4) is 5.75 Å². The first-order valence-electron chi connectivity index (χ1n) is 8.35. The fourth-order valence-corrected chi connectivity index (χ4v) is 4.12. The van der Waals surface area contributed by atoms with Gasteiger partial charge in [0.15, 0.2) is 0 Å². The van der Waals surface area contributed by atoms with Crippen LogP contribution in [-0.2, 0) is 10.8 Å². The van der Waals surface area contributed by atoms with E-state index in [4.69, 9.17) is 4.74 Å². The number of hydrogen-bond acceptors (Lipinski definition) is 4. The van der Waals surface area contributed by atoms with Crippen molar-refractivity contribution in [3.05, 3.63) is 24.3 Å². The zero-order valence-corrected chi connectivity index (χ0v) is 14.6. The lowest BCUT2D eigenvalue weighted by Gasteiger charge is -2.43. The fourth-order valence-electron chi connectivity index (χ4n) is 3.13. The normalized spacial score (nSPS) is 23.0. The molecule has 1 atom stereocenters. The first-order chi connectivity index (χ1) is 11.0. The number of benzene rings is 1. The summed E-state index contributed by atoms with van der Waals surface area (Å²) in [5, 5.41) is 0.971. The van der Waals surface area contributed by atoms with Crippen molar-refractivity contribution in [2.45, 2.75) is 49.0 Å². The van der Waals surface area contributed by atoms with Crippen LogP contribution in [0.5, 0.6) is 5.75 Å². The van der Waals surface area contributed by atoms with E-state index in [-0.39, 0.29) is 11.4 Å². The molecule has 0 N–H and O–H groups in total. The lowest BCUT2D eigenvalue weighted by atomic mass is 10.0. The zero-order valence-electron chi connectivity index (χ0n) is 13.8. The molecule has 2 aliphatic heterocycles. The molecule has 6 heteroatoms. The Labute approximate surface area is 140 Å². The number of likely N-dealkylation sites (tertiary alicyclic amines) is 1. The van der Waals surface area contributed by atoms with E-state index in [1.54, 1.807) is 0 Å². The second-order valence-electron chi connectivity index (χ2n) is 6.66. The highest BCUT2D eigenvalue weighted by Gasteiger charge is 2.34. The molecule has 0 radical (unpaired) electrons. The van der Waals surface area contributed by atoms with E-state index in [2.05, 4.69) is 4.90 Å². The quantitative estimate of drug-likeness (QED) is 0.772. The van der Waals surface area contributed by atoms with Crippen LogP contribution < -0.4 is 4.74 Å². The Hall–Kier alpha value is -0.980. The Morgan fingerprint density at radius 2 is 1.96 bits per heavy atom. The second-order valence-corrected chi connectivity index (χ2v) is 8.66. The summed E-state index contributed by atoms with van der Waals surface area (Å²) in [6.45, 7) is 6.90. The Balaban J connectivity index is 1.52. The van der Waals surface area contributed by atoms with Gasteiger partial charge in [-0.3, -0.25) is 9.11 Å². The van der Waals surface area contributed by atoms with Crippen molar-refractivity contribution in [3.63, 3.8) is 0 Å². The molecule has 0 bridgehead atoms. The first-order valence-corrected chi connectivity index (χ1v) is 9.56. The maximum Gasteiger partial charge on any atom is 0.120 e. The summed E-state index contributed by atoms with van der Waals surface area (Å²) in [5.41, 5.74) is 0. The molecule has 23 heavy (non-hydrogen) atoms. The maximum absolute atomic E-state index is 12.8. The highest BCUT2D eigenvalue weighted by atomic mass is 32.2. The van der Waals surface area contributed by atoms with Gasteiger partial charge in [0.1, 0.15) is 11.9 Å². The molecule has 128 valence electrons. The van der Waals surface area contributed by atoms with Crippen molar-refractivity contribution in [2.75, 3.05) is 26.2 Å². The van der Waals surface area contributed by atoms with E-state index >= 15 is 0 Å². The van der Waals surface area contributed by atoms with Crippen molar-refractivity contribution in [1.82, 2.24) is 10.0 Å². The van der Waals surface area contributed by atoms with Crippen LogP contribution in [-0.4, -0.2) is 57.8 Å². The molecule has 1 unspecified atom stereocenters. The van der Waals surface area contributed by atoms with E-state index in [0.717, 1.165) is 41.7 Å². The van der Waals surface area contributed by atoms with Gasteiger partial charge in [-0.15, -0.1) is 9.60 Å². The highest BCUT2D eigenvalue weighted by molar-refractivity contribution is 7.85. The molecule has 0 spiro atoms. The minimum absolute atomic E-state index is 0.103. The maximum atomic E-state index is 12.8. The lowest BCUT2D eigenvalue weighted by molar-refractivity contribution is -0.103. The molecule has 0 saturated carbocycles. The van der Waals surface area contributed by atoms with Crippen molar-refractivity contribution in [2.24, 2.45) is 0 Å². The Bertz CT molecular complexity index is 555. The second kappa shape index (κ2) is 7.28. The van der Waals surface area contributed by atoms with Gasteiger partial charge >= 0.3 is 0 Å².